The van der Waals surface area contributed by atoms with Crippen LogP contribution in [-0.4, -0.2) is 4.98 Å². The van der Waals surface area contributed by atoms with Gasteiger partial charge in [-0.05, 0) is 28.7 Å². The Bertz CT molecular complexity index is 313. The van der Waals surface area contributed by atoms with E-state index in [-0.39, 0.29) is 15.1 Å². The molecule has 0 aliphatic heterocycles. The number of hydrogen-bond donors (Lipinski definition) is 0. The number of alkyl halides is 4. The minimum Gasteiger partial charge on any atom is -0.259 e. The summed E-state index contributed by atoms with van der Waals surface area (Å²) in [6.07, 6.45) is -3.22. The van der Waals surface area contributed by atoms with Crippen LogP contribution in [0.25, 0.3) is 0 Å². The van der Waals surface area contributed by atoms with Gasteiger partial charge in [0, 0.05) is 9.77 Å². The Morgan fingerprint density at radius 2 is 2.08 bits per heavy atom. The highest BCUT2D eigenvalue weighted by atomic mass is 127. The smallest absolute Gasteiger partial charge is 0.259 e. The number of rotatable bonds is 1. The van der Waals surface area contributed by atoms with Gasteiger partial charge < -0.3 is 0 Å². The summed E-state index contributed by atoms with van der Waals surface area (Å²) in [7, 11) is 0. The van der Waals surface area contributed by atoms with Crippen LogP contribution in [0.2, 0.25) is 0 Å². The van der Waals surface area contributed by atoms with E-state index < -0.39 is 11.7 Å². The summed E-state index contributed by atoms with van der Waals surface area (Å²) in [5, 5.41) is 0. The molecule has 6 heteroatoms. The van der Waals surface area contributed by atoms with Crippen LogP contribution in [0.1, 0.15) is 11.3 Å². The van der Waals surface area contributed by atoms with E-state index in [2.05, 4.69) is 4.98 Å². The fourth-order valence-corrected chi connectivity index (χ4v) is 2.04. The van der Waals surface area contributed by atoms with Crippen LogP contribution in [0.3, 0.4) is 0 Å². The normalized spacial score (nSPS) is 11.8. The molecule has 0 radical (unpaired) electrons. The first kappa shape index (κ1) is 11.0. The van der Waals surface area contributed by atoms with Crippen molar-refractivity contribution in [1.29, 1.82) is 0 Å². The Balaban J connectivity index is 3.24. The first-order valence-corrected chi connectivity index (χ1v) is 4.84. The highest BCUT2D eigenvalue weighted by Crippen LogP contribution is 2.33. The van der Waals surface area contributed by atoms with E-state index in [0.29, 0.717) is 0 Å². The topological polar surface area (TPSA) is 12.9 Å². The standard InChI is InChI=1S/C7H4ClF3IN/c8-3-5-6(12)4(1-2-13-5)7(9,10)11/h1-2H,3H2. The Kier molecular flexibility index (Phi) is 3.39. The lowest BCUT2D eigenvalue weighted by molar-refractivity contribution is -0.138. The van der Waals surface area contributed by atoms with E-state index in [9.17, 15) is 13.2 Å². The molecule has 0 aromatic carbocycles. The van der Waals surface area contributed by atoms with Crippen molar-refractivity contribution in [3.05, 3.63) is 27.1 Å². The second-order valence-electron chi connectivity index (χ2n) is 2.25. The summed E-state index contributed by atoms with van der Waals surface area (Å²) in [5.74, 6) is -0.0117. The quantitative estimate of drug-likeness (QED) is 0.570. The Morgan fingerprint density at radius 1 is 1.46 bits per heavy atom. The first-order valence-electron chi connectivity index (χ1n) is 3.23. The van der Waals surface area contributed by atoms with Crippen molar-refractivity contribution >= 4 is 34.2 Å². The minimum absolute atomic E-state index is 0.0117. The minimum atomic E-state index is -4.33. The van der Waals surface area contributed by atoms with Crippen LogP contribution in [0, 0.1) is 3.57 Å². The highest BCUT2D eigenvalue weighted by Gasteiger charge is 2.33. The van der Waals surface area contributed by atoms with Crippen LogP contribution >= 0.6 is 34.2 Å². The molecule has 13 heavy (non-hydrogen) atoms. The van der Waals surface area contributed by atoms with E-state index in [0.717, 1.165) is 12.3 Å². The molecular weight excluding hydrogens is 317 g/mol. The van der Waals surface area contributed by atoms with Gasteiger partial charge in [-0.1, -0.05) is 0 Å². The van der Waals surface area contributed by atoms with E-state index >= 15 is 0 Å². The monoisotopic (exact) mass is 321 g/mol. The predicted octanol–water partition coefficient (Wildman–Crippen LogP) is 3.44. The summed E-state index contributed by atoms with van der Waals surface area (Å²) in [5.41, 5.74) is -0.421. The van der Waals surface area contributed by atoms with E-state index in [1.165, 1.54) is 0 Å². The zero-order valence-electron chi connectivity index (χ0n) is 6.20. The van der Waals surface area contributed by atoms with Gasteiger partial charge in [-0.3, -0.25) is 4.98 Å². The summed E-state index contributed by atoms with van der Waals surface area (Å²) in [6.45, 7) is 0. The van der Waals surface area contributed by atoms with Gasteiger partial charge in [-0.15, -0.1) is 11.6 Å². The molecule has 0 spiro atoms. The molecule has 0 bridgehead atoms. The number of nitrogens with zero attached hydrogens (tertiary/aromatic N) is 1. The summed E-state index contributed by atoms with van der Waals surface area (Å²) >= 11 is 7.02. The average Bonchev–Trinajstić information content (AvgIpc) is 2.02. The molecule has 1 aromatic rings. The van der Waals surface area contributed by atoms with Crippen molar-refractivity contribution in [3.63, 3.8) is 0 Å². The third kappa shape index (κ3) is 2.46. The fourth-order valence-electron chi connectivity index (χ4n) is 0.799. The zero-order valence-corrected chi connectivity index (χ0v) is 9.11. The fraction of sp³-hybridized carbons (Fsp3) is 0.286. The maximum absolute atomic E-state index is 12.3. The average molecular weight is 321 g/mol. The number of pyridine rings is 1. The SMILES string of the molecule is FC(F)(F)c1ccnc(CCl)c1I. The first-order chi connectivity index (χ1) is 5.96. The van der Waals surface area contributed by atoms with Gasteiger partial charge >= 0.3 is 6.18 Å². The van der Waals surface area contributed by atoms with Crippen LogP contribution < -0.4 is 0 Å². The van der Waals surface area contributed by atoms with Crippen molar-refractivity contribution in [1.82, 2.24) is 4.98 Å². The van der Waals surface area contributed by atoms with Crippen molar-refractivity contribution < 1.29 is 13.2 Å². The summed E-state index contributed by atoms with van der Waals surface area (Å²) in [6, 6.07) is 0.942. The van der Waals surface area contributed by atoms with E-state index in [1.54, 1.807) is 22.6 Å². The van der Waals surface area contributed by atoms with Gasteiger partial charge in [-0.25, -0.2) is 0 Å². The van der Waals surface area contributed by atoms with Crippen LogP contribution in [0.15, 0.2) is 12.3 Å². The maximum atomic E-state index is 12.3. The molecule has 0 atom stereocenters. The van der Waals surface area contributed by atoms with Gasteiger partial charge in [0.15, 0.2) is 0 Å². The molecule has 0 N–H and O–H groups in total. The lowest BCUT2D eigenvalue weighted by atomic mass is 10.2. The van der Waals surface area contributed by atoms with Gasteiger partial charge in [-0.2, -0.15) is 13.2 Å². The Labute approximate surface area is 91.4 Å². The lowest BCUT2D eigenvalue weighted by Crippen LogP contribution is -2.09. The summed E-state index contributed by atoms with van der Waals surface area (Å²) in [4.78, 5) is 3.73. The van der Waals surface area contributed by atoms with Gasteiger partial charge in [0.1, 0.15) is 0 Å². The third-order valence-electron chi connectivity index (χ3n) is 1.39. The molecule has 0 aliphatic rings. The Morgan fingerprint density at radius 3 is 2.54 bits per heavy atom. The van der Waals surface area contributed by atoms with Crippen LogP contribution in [-0.2, 0) is 12.1 Å². The zero-order chi connectivity index (χ0) is 10.1. The van der Waals surface area contributed by atoms with Crippen molar-refractivity contribution in [2.75, 3.05) is 0 Å². The molecule has 0 unspecified atom stereocenters. The lowest BCUT2D eigenvalue weighted by Gasteiger charge is -2.10. The largest absolute Gasteiger partial charge is 0.417 e. The second kappa shape index (κ2) is 4.00. The maximum Gasteiger partial charge on any atom is 0.417 e. The van der Waals surface area contributed by atoms with E-state index in [1.807, 2.05) is 0 Å². The Hall–Kier alpha value is -0.0400. The van der Waals surface area contributed by atoms with Crippen molar-refractivity contribution in [2.24, 2.45) is 0 Å². The number of hydrogen-bond acceptors (Lipinski definition) is 1. The molecule has 1 aromatic heterocycles. The van der Waals surface area contributed by atoms with Crippen LogP contribution in [0.5, 0.6) is 0 Å². The van der Waals surface area contributed by atoms with E-state index in [4.69, 9.17) is 11.6 Å². The number of aromatic nitrogens is 1. The van der Waals surface area contributed by atoms with Crippen molar-refractivity contribution in [3.8, 4) is 0 Å². The van der Waals surface area contributed by atoms with Crippen LogP contribution in [0.4, 0.5) is 13.2 Å². The molecule has 1 heterocycles. The molecular formula is C7H4ClF3IN. The van der Waals surface area contributed by atoms with Crippen molar-refractivity contribution in [2.45, 2.75) is 12.1 Å². The van der Waals surface area contributed by atoms with Gasteiger partial charge in [0.25, 0.3) is 0 Å². The second-order valence-corrected chi connectivity index (χ2v) is 3.60. The molecule has 0 saturated carbocycles. The summed E-state index contributed by atoms with van der Waals surface area (Å²) < 4.78 is 36.9. The predicted molar refractivity (Wildman–Crippen MR) is 51.5 cm³/mol. The molecule has 1 rings (SSSR count). The molecule has 72 valence electrons. The van der Waals surface area contributed by atoms with Gasteiger partial charge in [0.2, 0.25) is 0 Å². The third-order valence-corrected chi connectivity index (χ3v) is 2.85. The number of halogens is 5. The molecule has 0 fully saturated rings. The molecule has 0 aliphatic carbocycles. The van der Waals surface area contributed by atoms with Gasteiger partial charge in [0.05, 0.1) is 17.1 Å². The highest BCUT2D eigenvalue weighted by molar-refractivity contribution is 14.1. The molecule has 0 saturated heterocycles. The molecule has 0 amide bonds. The molecule has 1 nitrogen and oxygen atoms in total.